The van der Waals surface area contributed by atoms with Crippen molar-refractivity contribution in [3.8, 4) is 0 Å². The van der Waals surface area contributed by atoms with E-state index in [1.54, 1.807) is 24.0 Å². The standard InChI is InChI=1S/C22H26F3N3O3/c1-16(29)14-28(18-5-3-2-4-6-18)15-21(30)26-19-13-17(22(23,24)25)7-8-20(19)27-9-11-31-12-10-27/h2-8,13,16,29H,9-12,14-15H2,1H3,(H,26,30). The number of rotatable bonds is 7. The molecule has 1 aliphatic heterocycles. The Labute approximate surface area is 179 Å². The average Bonchev–Trinajstić information content (AvgIpc) is 2.73. The van der Waals surface area contributed by atoms with Gasteiger partial charge in [0.1, 0.15) is 0 Å². The second-order valence-electron chi connectivity index (χ2n) is 7.44. The quantitative estimate of drug-likeness (QED) is 0.696. The maximum Gasteiger partial charge on any atom is 0.416 e. The Morgan fingerprint density at radius 1 is 1.19 bits per heavy atom. The van der Waals surface area contributed by atoms with Crippen LogP contribution in [0.3, 0.4) is 0 Å². The zero-order valence-corrected chi connectivity index (χ0v) is 17.2. The summed E-state index contributed by atoms with van der Waals surface area (Å²) in [5, 5.41) is 12.5. The van der Waals surface area contributed by atoms with Crippen LogP contribution < -0.4 is 15.1 Å². The third-order valence-electron chi connectivity index (χ3n) is 4.89. The first kappa shape index (κ1) is 22.9. The molecule has 1 heterocycles. The number of nitrogens with one attached hydrogen (secondary N) is 1. The van der Waals surface area contributed by atoms with Gasteiger partial charge in [0.2, 0.25) is 5.91 Å². The molecule has 0 saturated carbocycles. The van der Waals surface area contributed by atoms with E-state index in [1.165, 1.54) is 6.07 Å². The molecule has 0 spiro atoms. The molecule has 0 aromatic heterocycles. The Bertz CT molecular complexity index is 869. The number of hydrogen-bond acceptors (Lipinski definition) is 5. The summed E-state index contributed by atoms with van der Waals surface area (Å²) in [5.74, 6) is -0.474. The minimum absolute atomic E-state index is 0.104. The summed E-state index contributed by atoms with van der Waals surface area (Å²) >= 11 is 0. The highest BCUT2D eigenvalue weighted by atomic mass is 19.4. The molecule has 0 bridgehead atoms. The number of aliphatic hydroxyl groups is 1. The molecule has 2 aromatic rings. The van der Waals surface area contributed by atoms with Gasteiger partial charge >= 0.3 is 6.18 Å². The lowest BCUT2D eigenvalue weighted by atomic mass is 10.1. The van der Waals surface area contributed by atoms with Crippen molar-refractivity contribution in [2.45, 2.75) is 19.2 Å². The molecule has 9 heteroatoms. The average molecular weight is 437 g/mol. The first-order valence-electron chi connectivity index (χ1n) is 10.1. The van der Waals surface area contributed by atoms with Crippen LogP contribution in [0, 0.1) is 0 Å². The fraction of sp³-hybridized carbons (Fsp3) is 0.409. The van der Waals surface area contributed by atoms with E-state index in [0.717, 1.165) is 17.8 Å². The number of morpholine rings is 1. The number of aliphatic hydroxyl groups excluding tert-OH is 1. The minimum Gasteiger partial charge on any atom is -0.392 e. The zero-order chi connectivity index (χ0) is 22.4. The maximum absolute atomic E-state index is 13.3. The van der Waals surface area contributed by atoms with Gasteiger partial charge in [0.15, 0.2) is 0 Å². The summed E-state index contributed by atoms with van der Waals surface area (Å²) in [7, 11) is 0. The van der Waals surface area contributed by atoms with Crippen molar-refractivity contribution < 1.29 is 27.8 Å². The van der Waals surface area contributed by atoms with E-state index in [-0.39, 0.29) is 18.8 Å². The first-order valence-corrected chi connectivity index (χ1v) is 10.1. The van der Waals surface area contributed by atoms with Gasteiger partial charge in [0.25, 0.3) is 0 Å². The van der Waals surface area contributed by atoms with Gasteiger partial charge in [-0.3, -0.25) is 4.79 Å². The van der Waals surface area contributed by atoms with E-state index in [2.05, 4.69) is 5.32 Å². The molecule has 1 fully saturated rings. The molecule has 168 valence electrons. The Kier molecular flexibility index (Phi) is 7.40. The number of para-hydroxylation sites is 1. The van der Waals surface area contributed by atoms with Crippen molar-refractivity contribution in [3.05, 3.63) is 54.1 Å². The first-order chi connectivity index (χ1) is 14.7. The summed E-state index contributed by atoms with van der Waals surface area (Å²) in [6.45, 7) is 3.66. The second kappa shape index (κ2) is 10.0. The number of anilines is 3. The van der Waals surface area contributed by atoms with Crippen LogP contribution in [0.2, 0.25) is 0 Å². The number of carbonyl (C=O) groups excluding carboxylic acids is 1. The van der Waals surface area contributed by atoms with Crippen molar-refractivity contribution in [1.29, 1.82) is 0 Å². The molecular weight excluding hydrogens is 411 g/mol. The third-order valence-corrected chi connectivity index (χ3v) is 4.89. The third kappa shape index (κ3) is 6.35. The number of nitrogens with zero attached hydrogens (tertiary/aromatic N) is 2. The summed E-state index contributed by atoms with van der Waals surface area (Å²) in [5.41, 5.74) is 0.526. The molecule has 2 N–H and O–H groups in total. The lowest BCUT2D eigenvalue weighted by Crippen LogP contribution is -2.39. The van der Waals surface area contributed by atoms with Crippen molar-refractivity contribution >= 4 is 23.0 Å². The maximum atomic E-state index is 13.3. The van der Waals surface area contributed by atoms with Crippen molar-refractivity contribution in [1.82, 2.24) is 0 Å². The number of ether oxygens (including phenoxy) is 1. The number of alkyl halides is 3. The predicted molar refractivity (Wildman–Crippen MR) is 113 cm³/mol. The minimum atomic E-state index is -4.52. The molecule has 31 heavy (non-hydrogen) atoms. The Morgan fingerprint density at radius 2 is 1.87 bits per heavy atom. The topological polar surface area (TPSA) is 65.0 Å². The van der Waals surface area contributed by atoms with Crippen LogP contribution in [-0.2, 0) is 15.7 Å². The van der Waals surface area contributed by atoms with Crippen LogP contribution in [0.5, 0.6) is 0 Å². The van der Waals surface area contributed by atoms with E-state index < -0.39 is 23.8 Å². The molecular formula is C22H26F3N3O3. The van der Waals surface area contributed by atoms with Gasteiger partial charge in [-0.2, -0.15) is 13.2 Å². The van der Waals surface area contributed by atoms with Crippen LogP contribution in [0.25, 0.3) is 0 Å². The molecule has 3 rings (SSSR count). The van der Waals surface area contributed by atoms with Gasteiger partial charge < -0.3 is 25.0 Å². The number of hydrogen-bond donors (Lipinski definition) is 2. The van der Waals surface area contributed by atoms with E-state index in [1.807, 2.05) is 23.1 Å². The summed E-state index contributed by atoms with van der Waals surface area (Å²) < 4.78 is 45.1. The normalized spacial score (nSPS) is 15.5. The van der Waals surface area contributed by atoms with Crippen LogP contribution in [0.15, 0.2) is 48.5 Å². The zero-order valence-electron chi connectivity index (χ0n) is 17.2. The molecule has 0 aliphatic carbocycles. The molecule has 0 radical (unpaired) electrons. The molecule has 1 aliphatic rings. The van der Waals surface area contributed by atoms with E-state index in [9.17, 15) is 23.1 Å². The molecule has 1 amide bonds. The second-order valence-corrected chi connectivity index (χ2v) is 7.44. The molecule has 1 unspecified atom stereocenters. The van der Waals surface area contributed by atoms with Crippen LogP contribution in [0.4, 0.5) is 30.2 Å². The van der Waals surface area contributed by atoms with E-state index >= 15 is 0 Å². The van der Waals surface area contributed by atoms with Gasteiger partial charge in [0.05, 0.1) is 42.8 Å². The predicted octanol–water partition coefficient (Wildman–Crippen LogP) is 3.37. The van der Waals surface area contributed by atoms with Crippen molar-refractivity contribution in [2.75, 3.05) is 54.5 Å². The van der Waals surface area contributed by atoms with Gasteiger partial charge in [-0.1, -0.05) is 18.2 Å². The van der Waals surface area contributed by atoms with E-state index in [0.29, 0.717) is 32.0 Å². The van der Waals surface area contributed by atoms with Crippen molar-refractivity contribution in [2.24, 2.45) is 0 Å². The van der Waals surface area contributed by atoms with Gasteiger partial charge in [0, 0.05) is 25.3 Å². The monoisotopic (exact) mass is 437 g/mol. The molecule has 1 saturated heterocycles. The van der Waals surface area contributed by atoms with Gasteiger partial charge in [-0.25, -0.2) is 0 Å². The lowest BCUT2D eigenvalue weighted by Gasteiger charge is -2.31. The van der Waals surface area contributed by atoms with Gasteiger partial charge in [-0.15, -0.1) is 0 Å². The number of benzene rings is 2. The summed E-state index contributed by atoms with van der Waals surface area (Å²) in [6, 6.07) is 12.4. The van der Waals surface area contributed by atoms with Gasteiger partial charge in [-0.05, 0) is 37.3 Å². The van der Waals surface area contributed by atoms with Crippen LogP contribution in [0.1, 0.15) is 12.5 Å². The Morgan fingerprint density at radius 3 is 2.48 bits per heavy atom. The smallest absolute Gasteiger partial charge is 0.392 e. The number of carbonyl (C=O) groups is 1. The van der Waals surface area contributed by atoms with Crippen LogP contribution in [-0.4, -0.2) is 56.5 Å². The molecule has 1 atom stereocenters. The highest BCUT2D eigenvalue weighted by molar-refractivity contribution is 5.97. The fourth-order valence-electron chi connectivity index (χ4n) is 3.47. The highest BCUT2D eigenvalue weighted by Gasteiger charge is 2.32. The molecule has 6 nitrogen and oxygen atoms in total. The molecule has 2 aromatic carbocycles. The highest BCUT2D eigenvalue weighted by Crippen LogP contribution is 2.35. The fourth-order valence-corrected chi connectivity index (χ4v) is 3.47. The number of amides is 1. The lowest BCUT2D eigenvalue weighted by molar-refractivity contribution is -0.137. The van der Waals surface area contributed by atoms with E-state index in [4.69, 9.17) is 4.74 Å². The SMILES string of the molecule is CC(O)CN(CC(=O)Nc1cc(C(F)(F)F)ccc1N1CCOCC1)c1ccccc1. The summed E-state index contributed by atoms with van der Waals surface area (Å²) in [4.78, 5) is 16.4. The summed E-state index contributed by atoms with van der Waals surface area (Å²) in [6.07, 6.45) is -5.21. The largest absolute Gasteiger partial charge is 0.416 e. The Hall–Kier alpha value is -2.78. The van der Waals surface area contributed by atoms with Crippen molar-refractivity contribution in [3.63, 3.8) is 0 Å². The van der Waals surface area contributed by atoms with Crippen LogP contribution >= 0.6 is 0 Å². The number of halogens is 3. The Balaban J connectivity index is 1.83.